The number of carbonyl (C=O) groups is 1. The minimum atomic E-state index is -4.50. The quantitative estimate of drug-likeness (QED) is 0.246. The van der Waals surface area contributed by atoms with Crippen LogP contribution < -0.4 is 15.8 Å². The molecular formula is C28H31F3N2O2. The number of methoxy groups -OCH3 is 1. The molecule has 2 rings (SSSR count). The van der Waals surface area contributed by atoms with Crippen molar-refractivity contribution in [3.05, 3.63) is 93.6 Å². The summed E-state index contributed by atoms with van der Waals surface area (Å²) in [5.41, 5.74) is 11.0. The normalized spacial score (nSPS) is 13.1. The van der Waals surface area contributed by atoms with Gasteiger partial charge in [-0.2, -0.15) is 13.2 Å². The third-order valence-electron chi connectivity index (χ3n) is 5.56. The molecule has 2 aromatic rings. The number of allylic oxidation sites excluding steroid dienone is 6. The molecule has 35 heavy (non-hydrogen) atoms. The van der Waals surface area contributed by atoms with Crippen molar-refractivity contribution in [2.45, 2.75) is 40.8 Å². The first-order valence-electron chi connectivity index (χ1n) is 11.0. The minimum Gasteiger partial charge on any atom is -0.496 e. The number of ether oxygens (including phenoxy) is 1. The topological polar surface area (TPSA) is 64.3 Å². The fourth-order valence-corrected chi connectivity index (χ4v) is 3.43. The van der Waals surface area contributed by atoms with Crippen LogP contribution in [0.4, 0.5) is 24.5 Å². The van der Waals surface area contributed by atoms with E-state index in [2.05, 4.69) is 18.3 Å². The summed E-state index contributed by atoms with van der Waals surface area (Å²) in [5.74, 6) is 0.389. The Morgan fingerprint density at radius 1 is 1.03 bits per heavy atom. The summed E-state index contributed by atoms with van der Waals surface area (Å²) < 4.78 is 43.7. The molecule has 2 aromatic carbocycles. The Morgan fingerprint density at radius 2 is 1.71 bits per heavy atom. The van der Waals surface area contributed by atoms with Gasteiger partial charge in [-0.1, -0.05) is 36.0 Å². The SMILES string of the molecule is COc1cc(C)c(/C=C/C(C)=C/C=C/C(C)=C/C(=O)Nc2ccc(C(F)(F)F)cc2N)c(C)c1C. The molecule has 0 aliphatic carbocycles. The molecule has 0 fully saturated rings. The molecule has 0 radical (unpaired) electrons. The number of rotatable bonds is 7. The number of aryl methyl sites for hydroxylation is 1. The van der Waals surface area contributed by atoms with E-state index in [4.69, 9.17) is 10.5 Å². The second-order valence-electron chi connectivity index (χ2n) is 8.34. The average molecular weight is 485 g/mol. The van der Waals surface area contributed by atoms with Gasteiger partial charge < -0.3 is 15.8 Å². The average Bonchev–Trinajstić information content (AvgIpc) is 2.76. The Hall–Kier alpha value is -3.74. The van der Waals surface area contributed by atoms with Crippen LogP contribution in [-0.2, 0) is 11.0 Å². The van der Waals surface area contributed by atoms with E-state index in [0.29, 0.717) is 5.57 Å². The van der Waals surface area contributed by atoms with Crippen molar-refractivity contribution in [2.24, 2.45) is 0 Å². The molecular weight excluding hydrogens is 453 g/mol. The van der Waals surface area contributed by atoms with Crippen LogP contribution in [0, 0.1) is 20.8 Å². The van der Waals surface area contributed by atoms with Crippen LogP contribution >= 0.6 is 0 Å². The highest BCUT2D eigenvalue weighted by Gasteiger charge is 2.30. The Morgan fingerprint density at radius 3 is 2.31 bits per heavy atom. The van der Waals surface area contributed by atoms with Gasteiger partial charge in [0.25, 0.3) is 0 Å². The number of nitrogens with two attached hydrogens (primary N) is 1. The number of alkyl halides is 3. The lowest BCUT2D eigenvalue weighted by Crippen LogP contribution is -2.12. The van der Waals surface area contributed by atoms with Crippen LogP contribution in [0.15, 0.2) is 65.8 Å². The van der Waals surface area contributed by atoms with Crippen molar-refractivity contribution >= 4 is 23.4 Å². The number of nitrogens with one attached hydrogen (secondary N) is 1. The van der Waals surface area contributed by atoms with Crippen molar-refractivity contribution < 1.29 is 22.7 Å². The van der Waals surface area contributed by atoms with Gasteiger partial charge in [0, 0.05) is 6.08 Å². The molecule has 0 heterocycles. The molecule has 186 valence electrons. The minimum absolute atomic E-state index is 0.122. The van der Waals surface area contributed by atoms with Crippen molar-refractivity contribution in [3.63, 3.8) is 0 Å². The maximum atomic E-state index is 12.7. The number of amides is 1. The van der Waals surface area contributed by atoms with Gasteiger partial charge >= 0.3 is 6.18 Å². The maximum Gasteiger partial charge on any atom is 0.416 e. The fraction of sp³-hybridized carbons (Fsp3) is 0.250. The van der Waals surface area contributed by atoms with Crippen molar-refractivity contribution in [3.8, 4) is 5.75 Å². The van der Waals surface area contributed by atoms with E-state index < -0.39 is 17.6 Å². The number of halogens is 3. The zero-order valence-corrected chi connectivity index (χ0v) is 20.8. The maximum absolute atomic E-state index is 12.7. The Bertz CT molecular complexity index is 1220. The van der Waals surface area contributed by atoms with Gasteiger partial charge in [-0.05, 0) is 86.7 Å². The van der Waals surface area contributed by atoms with E-state index in [1.165, 1.54) is 11.6 Å². The monoisotopic (exact) mass is 484 g/mol. The van der Waals surface area contributed by atoms with Gasteiger partial charge in [0.05, 0.1) is 24.0 Å². The molecule has 0 aliphatic rings. The van der Waals surface area contributed by atoms with Crippen LogP contribution in [0.1, 0.15) is 41.7 Å². The second kappa shape index (κ2) is 11.6. The predicted octanol–water partition coefficient (Wildman–Crippen LogP) is 7.32. The van der Waals surface area contributed by atoms with Crippen LogP contribution in [0.25, 0.3) is 6.08 Å². The first kappa shape index (κ1) is 27.5. The summed E-state index contributed by atoms with van der Waals surface area (Å²) >= 11 is 0. The first-order valence-corrected chi connectivity index (χ1v) is 11.0. The zero-order chi connectivity index (χ0) is 26.3. The van der Waals surface area contributed by atoms with Gasteiger partial charge in [0.2, 0.25) is 5.91 Å². The molecule has 0 unspecified atom stereocenters. The van der Waals surface area contributed by atoms with Gasteiger partial charge in [-0.3, -0.25) is 4.79 Å². The van der Waals surface area contributed by atoms with Crippen molar-refractivity contribution in [2.75, 3.05) is 18.2 Å². The molecule has 7 heteroatoms. The first-order chi connectivity index (χ1) is 16.3. The fourth-order valence-electron chi connectivity index (χ4n) is 3.43. The molecule has 0 saturated heterocycles. The lowest BCUT2D eigenvalue weighted by atomic mass is 9.96. The Balaban J connectivity index is 2.05. The Labute approximate surface area is 204 Å². The molecule has 0 bridgehead atoms. The van der Waals surface area contributed by atoms with E-state index in [0.717, 1.165) is 46.2 Å². The van der Waals surface area contributed by atoms with Crippen molar-refractivity contribution in [1.82, 2.24) is 0 Å². The molecule has 4 nitrogen and oxygen atoms in total. The molecule has 0 aliphatic heterocycles. The molecule has 0 aromatic heterocycles. The summed E-state index contributed by atoms with van der Waals surface area (Å²) in [4.78, 5) is 12.2. The van der Waals surface area contributed by atoms with E-state index in [1.54, 1.807) is 20.1 Å². The van der Waals surface area contributed by atoms with Gasteiger partial charge in [-0.25, -0.2) is 0 Å². The number of carbonyl (C=O) groups excluding carboxylic acids is 1. The van der Waals surface area contributed by atoms with Crippen LogP contribution in [0.3, 0.4) is 0 Å². The molecule has 0 atom stereocenters. The summed E-state index contributed by atoms with van der Waals surface area (Å²) in [6.07, 6.45) is 6.45. The highest BCUT2D eigenvalue weighted by molar-refractivity contribution is 6.01. The summed E-state index contributed by atoms with van der Waals surface area (Å²) in [6, 6.07) is 4.84. The lowest BCUT2D eigenvalue weighted by Gasteiger charge is -2.13. The predicted molar refractivity (Wildman–Crippen MR) is 137 cm³/mol. The largest absolute Gasteiger partial charge is 0.496 e. The van der Waals surface area contributed by atoms with Crippen LogP contribution in [-0.4, -0.2) is 13.0 Å². The number of nitrogen functional groups attached to an aromatic ring is 1. The lowest BCUT2D eigenvalue weighted by molar-refractivity contribution is -0.137. The molecule has 1 amide bonds. The summed E-state index contributed by atoms with van der Waals surface area (Å²) in [5, 5.41) is 2.50. The number of anilines is 2. The van der Waals surface area contributed by atoms with Crippen molar-refractivity contribution in [1.29, 1.82) is 0 Å². The number of benzene rings is 2. The van der Waals surface area contributed by atoms with E-state index in [9.17, 15) is 18.0 Å². The second-order valence-corrected chi connectivity index (χ2v) is 8.34. The van der Waals surface area contributed by atoms with Crippen LogP contribution in [0.5, 0.6) is 5.75 Å². The van der Waals surface area contributed by atoms with E-state index in [-0.39, 0.29) is 11.4 Å². The van der Waals surface area contributed by atoms with Gasteiger partial charge in [0.1, 0.15) is 5.75 Å². The van der Waals surface area contributed by atoms with Gasteiger partial charge in [-0.15, -0.1) is 0 Å². The van der Waals surface area contributed by atoms with Crippen LogP contribution in [0.2, 0.25) is 0 Å². The molecule has 3 N–H and O–H groups in total. The third kappa shape index (κ3) is 7.64. The summed E-state index contributed by atoms with van der Waals surface area (Å²) in [7, 11) is 1.67. The number of hydrogen-bond acceptors (Lipinski definition) is 3. The highest BCUT2D eigenvalue weighted by Crippen LogP contribution is 2.33. The molecule has 0 spiro atoms. The number of hydrogen-bond donors (Lipinski definition) is 2. The van der Waals surface area contributed by atoms with E-state index in [1.807, 2.05) is 45.1 Å². The Kier molecular flexibility index (Phi) is 9.12. The van der Waals surface area contributed by atoms with Gasteiger partial charge in [0.15, 0.2) is 0 Å². The molecule has 0 saturated carbocycles. The smallest absolute Gasteiger partial charge is 0.416 e. The standard InChI is InChI=1S/C28H31F3N2O2/c1-17(10-12-23-19(3)15-26(35-6)21(5)20(23)4)8-7-9-18(2)14-27(34)33-25-13-11-22(16-24(25)32)28(29,30)31/h7-16H,32H2,1-6H3,(H,33,34)/b9-7+,12-10+,17-8+,18-14+. The highest BCUT2D eigenvalue weighted by atomic mass is 19.4. The zero-order valence-electron chi connectivity index (χ0n) is 20.8. The van der Waals surface area contributed by atoms with E-state index >= 15 is 0 Å². The summed E-state index contributed by atoms with van der Waals surface area (Å²) in [6.45, 7) is 9.87. The third-order valence-corrected chi connectivity index (χ3v) is 5.56.